The van der Waals surface area contributed by atoms with Crippen molar-refractivity contribution in [1.82, 2.24) is 0 Å². The van der Waals surface area contributed by atoms with Crippen molar-refractivity contribution < 1.29 is 13.9 Å². The van der Waals surface area contributed by atoms with Gasteiger partial charge in [-0.2, -0.15) is 0 Å². The third kappa shape index (κ3) is 6.34. The molecule has 0 heterocycles. The number of halogens is 1. The topological polar surface area (TPSA) is 52.3 Å². The van der Waals surface area contributed by atoms with Gasteiger partial charge in [0.1, 0.15) is 12.4 Å². The van der Waals surface area contributed by atoms with Crippen molar-refractivity contribution in [2.75, 3.05) is 0 Å². The minimum atomic E-state index is -0.389. The maximum Gasteiger partial charge on any atom is 0.307 e. The summed E-state index contributed by atoms with van der Waals surface area (Å²) in [6.07, 6.45) is 0.896. The number of ether oxygens (including phenoxy) is 1. The standard InChI is InChI=1S/C15H22FNO2/c1-15(2,3)9-12(17)8-14(18)19-10-11-6-4-5-7-13(11)16/h4-7,12H,8-10,17H2,1-3H3. The van der Waals surface area contributed by atoms with Gasteiger partial charge >= 0.3 is 5.97 Å². The highest BCUT2D eigenvalue weighted by Gasteiger charge is 2.19. The van der Waals surface area contributed by atoms with Gasteiger partial charge in [-0.3, -0.25) is 4.79 Å². The number of nitrogens with two attached hydrogens (primary N) is 1. The second kappa shape index (κ2) is 6.66. The highest BCUT2D eigenvalue weighted by atomic mass is 19.1. The normalized spacial score (nSPS) is 13.1. The Balaban J connectivity index is 2.38. The molecule has 0 aliphatic carbocycles. The van der Waals surface area contributed by atoms with Crippen LogP contribution in [0.25, 0.3) is 0 Å². The van der Waals surface area contributed by atoms with E-state index >= 15 is 0 Å². The van der Waals surface area contributed by atoms with Gasteiger partial charge in [-0.05, 0) is 17.9 Å². The lowest BCUT2D eigenvalue weighted by Gasteiger charge is -2.22. The largest absolute Gasteiger partial charge is 0.461 e. The van der Waals surface area contributed by atoms with Crippen LogP contribution >= 0.6 is 0 Å². The van der Waals surface area contributed by atoms with Crippen LogP contribution in [0.4, 0.5) is 4.39 Å². The van der Waals surface area contributed by atoms with Crippen molar-refractivity contribution in [2.24, 2.45) is 11.1 Å². The maximum absolute atomic E-state index is 13.3. The summed E-state index contributed by atoms with van der Waals surface area (Å²) >= 11 is 0. The molecule has 0 amide bonds. The van der Waals surface area contributed by atoms with Crippen molar-refractivity contribution in [1.29, 1.82) is 0 Å². The summed E-state index contributed by atoms with van der Waals surface area (Å²) in [5.74, 6) is -0.755. The molecule has 0 bridgehead atoms. The summed E-state index contributed by atoms with van der Waals surface area (Å²) in [4.78, 5) is 11.6. The summed E-state index contributed by atoms with van der Waals surface area (Å²) < 4.78 is 18.3. The molecule has 2 N–H and O–H groups in total. The Hall–Kier alpha value is -1.42. The number of hydrogen-bond acceptors (Lipinski definition) is 3. The van der Waals surface area contributed by atoms with E-state index in [9.17, 15) is 9.18 Å². The molecule has 1 aromatic carbocycles. The quantitative estimate of drug-likeness (QED) is 0.834. The Morgan fingerprint density at radius 2 is 2.00 bits per heavy atom. The van der Waals surface area contributed by atoms with Crippen molar-refractivity contribution in [3.05, 3.63) is 35.6 Å². The Morgan fingerprint density at radius 1 is 1.37 bits per heavy atom. The van der Waals surface area contributed by atoms with E-state index in [0.717, 1.165) is 6.42 Å². The maximum atomic E-state index is 13.3. The fourth-order valence-corrected chi connectivity index (χ4v) is 1.91. The van der Waals surface area contributed by atoms with Crippen molar-refractivity contribution in [3.8, 4) is 0 Å². The number of benzene rings is 1. The van der Waals surface area contributed by atoms with Crippen LogP contribution in [0.5, 0.6) is 0 Å². The summed E-state index contributed by atoms with van der Waals surface area (Å²) in [7, 11) is 0. The molecule has 1 unspecified atom stereocenters. The average Bonchev–Trinajstić information content (AvgIpc) is 2.25. The van der Waals surface area contributed by atoms with Crippen molar-refractivity contribution in [3.63, 3.8) is 0 Å². The lowest BCUT2D eigenvalue weighted by Crippen LogP contribution is -2.29. The number of carbonyl (C=O) groups excluding carboxylic acids is 1. The summed E-state index contributed by atoms with van der Waals surface area (Å²) in [6.45, 7) is 6.15. The summed E-state index contributed by atoms with van der Waals surface area (Å²) in [5, 5.41) is 0. The van der Waals surface area contributed by atoms with Gasteiger partial charge in [-0.15, -0.1) is 0 Å². The number of esters is 1. The van der Waals surface area contributed by atoms with Gasteiger partial charge in [0.15, 0.2) is 0 Å². The van der Waals surface area contributed by atoms with Crippen molar-refractivity contribution >= 4 is 5.97 Å². The van der Waals surface area contributed by atoms with Crippen LogP contribution in [0.2, 0.25) is 0 Å². The van der Waals surface area contributed by atoms with Gasteiger partial charge in [0, 0.05) is 11.6 Å². The van der Waals surface area contributed by atoms with Crippen LogP contribution in [0.15, 0.2) is 24.3 Å². The molecule has 0 aromatic heterocycles. The van der Waals surface area contributed by atoms with Gasteiger partial charge in [0.2, 0.25) is 0 Å². The molecule has 0 spiro atoms. The van der Waals surface area contributed by atoms with E-state index in [1.807, 2.05) is 0 Å². The first-order valence-corrected chi connectivity index (χ1v) is 6.42. The molecule has 106 valence electrons. The Morgan fingerprint density at radius 3 is 2.58 bits per heavy atom. The molecule has 19 heavy (non-hydrogen) atoms. The lowest BCUT2D eigenvalue weighted by atomic mass is 9.87. The number of carbonyl (C=O) groups is 1. The molecule has 0 saturated carbocycles. The van der Waals surface area contributed by atoms with E-state index in [4.69, 9.17) is 10.5 Å². The highest BCUT2D eigenvalue weighted by Crippen LogP contribution is 2.21. The first-order valence-electron chi connectivity index (χ1n) is 6.42. The second-order valence-electron chi connectivity index (χ2n) is 5.98. The molecule has 0 saturated heterocycles. The van der Waals surface area contributed by atoms with Gasteiger partial charge in [-0.25, -0.2) is 4.39 Å². The van der Waals surface area contributed by atoms with E-state index in [1.54, 1.807) is 18.2 Å². The molecule has 0 radical (unpaired) electrons. The number of rotatable bonds is 5. The molecule has 0 aliphatic rings. The lowest BCUT2D eigenvalue weighted by molar-refractivity contribution is -0.145. The summed E-state index contributed by atoms with van der Waals surface area (Å²) in [6, 6.07) is 6.01. The predicted molar refractivity (Wildman–Crippen MR) is 72.9 cm³/mol. The van der Waals surface area contributed by atoms with Crippen LogP contribution in [0.1, 0.15) is 39.2 Å². The van der Waals surface area contributed by atoms with Crippen LogP contribution in [-0.2, 0) is 16.1 Å². The molecule has 1 aromatic rings. The second-order valence-corrected chi connectivity index (χ2v) is 5.98. The average molecular weight is 267 g/mol. The molecular formula is C15H22FNO2. The zero-order chi connectivity index (χ0) is 14.5. The monoisotopic (exact) mass is 267 g/mol. The fourth-order valence-electron chi connectivity index (χ4n) is 1.91. The van der Waals surface area contributed by atoms with Crippen molar-refractivity contribution in [2.45, 2.75) is 46.3 Å². The SMILES string of the molecule is CC(C)(C)CC(N)CC(=O)OCc1ccccc1F. The molecule has 0 fully saturated rings. The van der Waals surface area contributed by atoms with E-state index in [-0.39, 0.29) is 36.3 Å². The fraction of sp³-hybridized carbons (Fsp3) is 0.533. The van der Waals surface area contributed by atoms with Gasteiger partial charge < -0.3 is 10.5 Å². The van der Waals surface area contributed by atoms with Gasteiger partial charge in [0.25, 0.3) is 0 Å². The molecule has 4 heteroatoms. The van der Waals surface area contributed by atoms with Crippen LogP contribution in [0, 0.1) is 11.2 Å². The van der Waals surface area contributed by atoms with E-state index in [2.05, 4.69) is 20.8 Å². The minimum absolute atomic E-state index is 0.0479. The Bertz CT molecular complexity index is 426. The molecule has 1 atom stereocenters. The smallest absolute Gasteiger partial charge is 0.307 e. The molecular weight excluding hydrogens is 245 g/mol. The van der Waals surface area contributed by atoms with Crippen LogP contribution in [-0.4, -0.2) is 12.0 Å². The van der Waals surface area contributed by atoms with E-state index in [0.29, 0.717) is 5.56 Å². The Labute approximate surface area is 113 Å². The van der Waals surface area contributed by atoms with Crippen LogP contribution < -0.4 is 5.73 Å². The third-order valence-corrected chi connectivity index (χ3v) is 2.65. The first kappa shape index (κ1) is 15.6. The highest BCUT2D eigenvalue weighted by molar-refractivity contribution is 5.70. The van der Waals surface area contributed by atoms with Crippen LogP contribution in [0.3, 0.4) is 0 Å². The molecule has 0 aliphatic heterocycles. The van der Waals surface area contributed by atoms with Gasteiger partial charge in [-0.1, -0.05) is 39.0 Å². The zero-order valence-corrected chi connectivity index (χ0v) is 11.8. The third-order valence-electron chi connectivity index (χ3n) is 2.65. The minimum Gasteiger partial charge on any atom is -0.461 e. The Kier molecular flexibility index (Phi) is 5.48. The zero-order valence-electron chi connectivity index (χ0n) is 11.8. The summed E-state index contributed by atoms with van der Waals surface area (Å²) in [5.41, 5.74) is 6.33. The molecule has 3 nitrogen and oxygen atoms in total. The predicted octanol–water partition coefficient (Wildman–Crippen LogP) is 3.02. The molecule has 1 rings (SSSR count). The number of hydrogen-bond donors (Lipinski definition) is 1. The van der Waals surface area contributed by atoms with Gasteiger partial charge in [0.05, 0.1) is 6.42 Å². The first-order chi connectivity index (χ1) is 8.78. The van der Waals surface area contributed by atoms with E-state index < -0.39 is 0 Å². The van der Waals surface area contributed by atoms with E-state index in [1.165, 1.54) is 6.07 Å².